The van der Waals surface area contributed by atoms with E-state index in [1.165, 1.54) is 17.2 Å². The molecule has 4 rings (SSSR count). The van der Waals surface area contributed by atoms with E-state index in [1.54, 1.807) is 19.3 Å². The zero-order chi connectivity index (χ0) is 19.0. The van der Waals surface area contributed by atoms with Crippen LogP contribution < -0.4 is 11.2 Å². The molecule has 7 nitrogen and oxygen atoms in total. The van der Waals surface area contributed by atoms with Crippen LogP contribution in [-0.2, 0) is 20.6 Å². The standard InChI is InChI=1S/C20H23N5O2/c1-23-18-15(19(26)24(2)20(23)27)8-9-16(22-18)17-7-3-4-11-25(17)13-14-6-5-10-21-12-14/h5-6,8-10,12,17H,3-4,7,11,13H2,1-2H3/t17-/m0/s1. The third kappa shape index (κ3) is 3.19. The number of pyridine rings is 2. The third-order valence-corrected chi connectivity index (χ3v) is 5.39. The third-order valence-electron chi connectivity index (χ3n) is 5.39. The predicted molar refractivity (Wildman–Crippen MR) is 103 cm³/mol. The van der Waals surface area contributed by atoms with Gasteiger partial charge in [-0.3, -0.25) is 23.8 Å². The highest BCUT2D eigenvalue weighted by Crippen LogP contribution is 2.31. The van der Waals surface area contributed by atoms with Gasteiger partial charge in [0.1, 0.15) is 5.65 Å². The summed E-state index contributed by atoms with van der Waals surface area (Å²) < 4.78 is 2.58. The number of aryl methyl sites for hydroxylation is 1. The number of piperidine rings is 1. The molecule has 0 unspecified atom stereocenters. The Labute approximate surface area is 156 Å². The maximum atomic E-state index is 12.4. The lowest BCUT2D eigenvalue weighted by atomic mass is 9.98. The first-order chi connectivity index (χ1) is 13.1. The molecular weight excluding hydrogens is 342 g/mol. The lowest BCUT2D eigenvalue weighted by Crippen LogP contribution is -2.38. The van der Waals surface area contributed by atoms with Crippen LogP contribution >= 0.6 is 0 Å². The highest BCUT2D eigenvalue weighted by Gasteiger charge is 2.26. The van der Waals surface area contributed by atoms with Crippen molar-refractivity contribution in [2.24, 2.45) is 14.1 Å². The van der Waals surface area contributed by atoms with Crippen LogP contribution in [-0.4, -0.2) is 30.5 Å². The second-order valence-electron chi connectivity index (χ2n) is 7.16. The highest BCUT2D eigenvalue weighted by atomic mass is 16.2. The van der Waals surface area contributed by atoms with Gasteiger partial charge in [-0.15, -0.1) is 0 Å². The van der Waals surface area contributed by atoms with E-state index in [9.17, 15) is 9.59 Å². The summed E-state index contributed by atoms with van der Waals surface area (Å²) in [6.07, 6.45) is 6.99. The van der Waals surface area contributed by atoms with Gasteiger partial charge in [-0.05, 0) is 43.1 Å². The van der Waals surface area contributed by atoms with E-state index in [0.717, 1.165) is 42.6 Å². The monoisotopic (exact) mass is 365 g/mol. The van der Waals surface area contributed by atoms with E-state index in [4.69, 9.17) is 4.98 Å². The van der Waals surface area contributed by atoms with Gasteiger partial charge in [0.2, 0.25) is 0 Å². The second kappa shape index (κ2) is 7.08. The van der Waals surface area contributed by atoms with E-state index >= 15 is 0 Å². The van der Waals surface area contributed by atoms with E-state index < -0.39 is 0 Å². The first-order valence-electron chi connectivity index (χ1n) is 9.26. The Kier molecular flexibility index (Phi) is 4.61. The molecule has 0 aromatic carbocycles. The fourth-order valence-corrected chi connectivity index (χ4v) is 3.90. The molecule has 4 heterocycles. The zero-order valence-corrected chi connectivity index (χ0v) is 15.6. The quantitative estimate of drug-likeness (QED) is 0.707. The summed E-state index contributed by atoms with van der Waals surface area (Å²) in [5.41, 5.74) is 1.88. The molecule has 1 aliphatic rings. The van der Waals surface area contributed by atoms with Gasteiger partial charge in [0, 0.05) is 33.0 Å². The molecule has 0 bridgehead atoms. The molecule has 27 heavy (non-hydrogen) atoms. The summed E-state index contributed by atoms with van der Waals surface area (Å²) in [4.78, 5) is 36.0. The molecule has 3 aromatic heterocycles. The number of nitrogens with zero attached hydrogens (tertiary/aromatic N) is 5. The van der Waals surface area contributed by atoms with Crippen LogP contribution in [0.1, 0.15) is 36.6 Å². The lowest BCUT2D eigenvalue weighted by molar-refractivity contribution is 0.137. The average Bonchev–Trinajstić information content (AvgIpc) is 2.71. The first kappa shape index (κ1) is 17.6. The van der Waals surface area contributed by atoms with Gasteiger partial charge >= 0.3 is 5.69 Å². The molecule has 1 saturated heterocycles. The Hall–Kier alpha value is -2.80. The molecule has 0 spiro atoms. The number of fused-ring (bicyclic) bond motifs is 1. The molecular formula is C20H23N5O2. The minimum Gasteiger partial charge on any atom is -0.290 e. The fraction of sp³-hybridized carbons (Fsp3) is 0.400. The van der Waals surface area contributed by atoms with Crippen molar-refractivity contribution in [3.63, 3.8) is 0 Å². The molecule has 1 aliphatic heterocycles. The molecule has 0 saturated carbocycles. The first-order valence-corrected chi connectivity index (χ1v) is 9.26. The van der Waals surface area contributed by atoms with Crippen molar-refractivity contribution in [3.05, 3.63) is 68.8 Å². The summed E-state index contributed by atoms with van der Waals surface area (Å²) in [6.45, 7) is 1.81. The summed E-state index contributed by atoms with van der Waals surface area (Å²) >= 11 is 0. The predicted octanol–water partition coefficient (Wildman–Crippen LogP) is 1.75. The Morgan fingerprint density at radius 2 is 1.96 bits per heavy atom. The number of rotatable bonds is 3. The van der Waals surface area contributed by atoms with Crippen molar-refractivity contribution in [3.8, 4) is 0 Å². The molecule has 0 amide bonds. The minimum absolute atomic E-state index is 0.169. The van der Waals surface area contributed by atoms with E-state index in [1.807, 2.05) is 18.3 Å². The zero-order valence-electron chi connectivity index (χ0n) is 15.6. The van der Waals surface area contributed by atoms with Crippen molar-refractivity contribution in [1.29, 1.82) is 0 Å². The summed E-state index contributed by atoms with van der Waals surface area (Å²) in [5.74, 6) is 0. The highest BCUT2D eigenvalue weighted by molar-refractivity contribution is 5.74. The van der Waals surface area contributed by atoms with Crippen molar-refractivity contribution in [2.45, 2.75) is 31.8 Å². The Morgan fingerprint density at radius 1 is 1.11 bits per heavy atom. The Bertz CT molecular complexity index is 1090. The largest absolute Gasteiger partial charge is 0.332 e. The van der Waals surface area contributed by atoms with Crippen LogP contribution in [0.2, 0.25) is 0 Å². The van der Waals surface area contributed by atoms with Crippen LogP contribution in [0.25, 0.3) is 11.0 Å². The van der Waals surface area contributed by atoms with Crippen LogP contribution in [0, 0.1) is 0 Å². The number of aromatic nitrogens is 4. The van der Waals surface area contributed by atoms with E-state index in [2.05, 4.69) is 16.0 Å². The number of hydrogen-bond acceptors (Lipinski definition) is 5. The molecule has 7 heteroatoms. The van der Waals surface area contributed by atoms with Gasteiger partial charge in [0.25, 0.3) is 5.56 Å². The SMILES string of the molecule is Cn1c(=O)c2ccc([C@@H]3CCCCN3Cc3cccnc3)nc2n(C)c1=O. The van der Waals surface area contributed by atoms with Crippen molar-refractivity contribution < 1.29 is 0 Å². The van der Waals surface area contributed by atoms with Gasteiger partial charge < -0.3 is 0 Å². The normalized spacial score (nSPS) is 18.1. The van der Waals surface area contributed by atoms with Gasteiger partial charge in [0.05, 0.1) is 17.1 Å². The topological polar surface area (TPSA) is 73.0 Å². The van der Waals surface area contributed by atoms with Crippen LogP contribution in [0.15, 0.2) is 46.2 Å². The van der Waals surface area contributed by atoms with Gasteiger partial charge in [-0.2, -0.15) is 0 Å². The van der Waals surface area contributed by atoms with Gasteiger partial charge in [-0.25, -0.2) is 9.78 Å². The smallest absolute Gasteiger partial charge is 0.290 e. The summed E-state index contributed by atoms with van der Waals surface area (Å²) in [5, 5.41) is 0.470. The molecule has 140 valence electrons. The molecule has 0 aliphatic carbocycles. The maximum Gasteiger partial charge on any atom is 0.332 e. The van der Waals surface area contributed by atoms with E-state index in [0.29, 0.717) is 11.0 Å². The number of likely N-dealkylation sites (tertiary alicyclic amines) is 1. The van der Waals surface area contributed by atoms with Crippen molar-refractivity contribution in [2.75, 3.05) is 6.54 Å². The van der Waals surface area contributed by atoms with E-state index in [-0.39, 0.29) is 17.3 Å². The molecule has 1 atom stereocenters. The van der Waals surface area contributed by atoms with Crippen LogP contribution in [0.4, 0.5) is 0 Å². The Morgan fingerprint density at radius 3 is 2.74 bits per heavy atom. The summed E-state index contributed by atoms with van der Waals surface area (Å²) in [6, 6.07) is 7.94. The van der Waals surface area contributed by atoms with Crippen LogP contribution in [0.5, 0.6) is 0 Å². The average molecular weight is 365 g/mol. The molecule has 0 radical (unpaired) electrons. The number of hydrogen-bond donors (Lipinski definition) is 0. The molecule has 0 N–H and O–H groups in total. The van der Waals surface area contributed by atoms with Crippen molar-refractivity contribution >= 4 is 11.0 Å². The van der Waals surface area contributed by atoms with Gasteiger partial charge in [0.15, 0.2) is 0 Å². The Balaban J connectivity index is 1.75. The van der Waals surface area contributed by atoms with Crippen molar-refractivity contribution in [1.82, 2.24) is 24.0 Å². The maximum absolute atomic E-state index is 12.4. The van der Waals surface area contributed by atoms with Crippen LogP contribution in [0.3, 0.4) is 0 Å². The lowest BCUT2D eigenvalue weighted by Gasteiger charge is -2.35. The second-order valence-corrected chi connectivity index (χ2v) is 7.16. The minimum atomic E-state index is -0.354. The molecule has 1 fully saturated rings. The summed E-state index contributed by atoms with van der Waals surface area (Å²) in [7, 11) is 3.16. The van der Waals surface area contributed by atoms with Gasteiger partial charge in [-0.1, -0.05) is 12.5 Å². The fourth-order valence-electron chi connectivity index (χ4n) is 3.90. The molecule has 3 aromatic rings.